The van der Waals surface area contributed by atoms with Crippen LogP contribution in [-0.4, -0.2) is 49.9 Å². The summed E-state index contributed by atoms with van der Waals surface area (Å²) in [6.45, 7) is 1.60. The van der Waals surface area contributed by atoms with Crippen molar-refractivity contribution in [3.63, 3.8) is 0 Å². The van der Waals surface area contributed by atoms with Gasteiger partial charge in [0, 0.05) is 25.2 Å². The summed E-state index contributed by atoms with van der Waals surface area (Å²) in [7, 11) is -2.03. The summed E-state index contributed by atoms with van der Waals surface area (Å²) < 4.78 is 26.7. The Balaban J connectivity index is 2.06. The minimum Gasteiger partial charge on any atom is -0.481 e. The Hall–Kier alpha value is -1.93. The number of sulfonamides is 1. The molecule has 0 spiro atoms. The molecule has 2 N–H and O–H groups in total. The summed E-state index contributed by atoms with van der Waals surface area (Å²) in [5, 5.41) is 8.87. The molecule has 23 heavy (non-hydrogen) atoms. The van der Waals surface area contributed by atoms with Crippen LogP contribution < -0.4 is 4.72 Å². The highest BCUT2D eigenvalue weighted by Crippen LogP contribution is 2.22. The van der Waals surface area contributed by atoms with E-state index in [1.165, 1.54) is 43.1 Å². The van der Waals surface area contributed by atoms with Crippen molar-refractivity contribution in [1.29, 1.82) is 0 Å². The number of carbonyl (C=O) groups is 2. The molecule has 1 atom stereocenters. The van der Waals surface area contributed by atoms with Gasteiger partial charge in [-0.2, -0.15) is 0 Å². The number of benzene rings is 1. The first-order valence-corrected chi connectivity index (χ1v) is 8.79. The molecule has 1 aromatic rings. The molecule has 1 unspecified atom stereocenters. The molecule has 0 bridgehead atoms. The maximum atomic E-state index is 12.2. The largest absolute Gasteiger partial charge is 0.481 e. The molecule has 126 valence electrons. The molecule has 0 saturated heterocycles. The SMILES string of the molecule is CC(CN(C)C(=O)c1ccc(S(=O)(=O)NC2CC2)cc1)C(=O)O. The lowest BCUT2D eigenvalue weighted by Gasteiger charge is -2.19. The molecule has 0 aliphatic heterocycles. The number of rotatable bonds is 7. The Labute approximate surface area is 135 Å². The standard InChI is InChI=1S/C15H20N2O5S/c1-10(15(19)20)9-17(2)14(18)11-3-7-13(8-4-11)23(21,22)16-12-5-6-12/h3-4,7-8,10,12,16H,5-6,9H2,1-2H3,(H,19,20). The van der Waals surface area contributed by atoms with Crippen LogP contribution in [0.3, 0.4) is 0 Å². The summed E-state index contributed by atoms with van der Waals surface area (Å²) in [6, 6.07) is 5.65. The summed E-state index contributed by atoms with van der Waals surface area (Å²) in [4.78, 5) is 24.5. The fraction of sp³-hybridized carbons (Fsp3) is 0.467. The molecular weight excluding hydrogens is 320 g/mol. The molecular formula is C15H20N2O5S. The fourth-order valence-corrected chi connectivity index (χ4v) is 3.36. The van der Waals surface area contributed by atoms with Gasteiger partial charge in [-0.05, 0) is 37.1 Å². The molecule has 7 nitrogen and oxygen atoms in total. The maximum absolute atomic E-state index is 12.2. The number of hydrogen-bond acceptors (Lipinski definition) is 4. The van der Waals surface area contributed by atoms with E-state index in [0.717, 1.165) is 12.8 Å². The highest BCUT2D eigenvalue weighted by molar-refractivity contribution is 7.89. The monoisotopic (exact) mass is 340 g/mol. The number of carboxylic acid groups (broad SMARTS) is 1. The number of nitrogens with zero attached hydrogens (tertiary/aromatic N) is 1. The second kappa shape index (κ2) is 6.67. The second-order valence-electron chi connectivity index (χ2n) is 5.84. The third kappa shape index (κ3) is 4.52. The maximum Gasteiger partial charge on any atom is 0.308 e. The molecule has 2 rings (SSSR count). The first-order chi connectivity index (χ1) is 10.7. The average Bonchev–Trinajstić information content (AvgIpc) is 3.29. The molecule has 1 aromatic carbocycles. The molecule has 0 heterocycles. The minimum atomic E-state index is -3.54. The van der Waals surface area contributed by atoms with Gasteiger partial charge in [-0.3, -0.25) is 9.59 Å². The number of carboxylic acids is 1. The zero-order chi connectivity index (χ0) is 17.2. The summed E-state index contributed by atoms with van der Waals surface area (Å²) in [5.41, 5.74) is 0.315. The van der Waals surface area contributed by atoms with Gasteiger partial charge in [0.05, 0.1) is 10.8 Å². The number of hydrogen-bond donors (Lipinski definition) is 2. The van der Waals surface area contributed by atoms with Crippen LogP contribution in [0.4, 0.5) is 0 Å². The van der Waals surface area contributed by atoms with Crippen molar-refractivity contribution in [2.75, 3.05) is 13.6 Å². The number of amides is 1. The van der Waals surface area contributed by atoms with Crippen LogP contribution in [0.5, 0.6) is 0 Å². The smallest absolute Gasteiger partial charge is 0.308 e. The highest BCUT2D eigenvalue weighted by Gasteiger charge is 2.28. The number of nitrogens with one attached hydrogen (secondary N) is 1. The van der Waals surface area contributed by atoms with Crippen molar-refractivity contribution in [1.82, 2.24) is 9.62 Å². The lowest BCUT2D eigenvalue weighted by atomic mass is 10.1. The van der Waals surface area contributed by atoms with Crippen molar-refractivity contribution in [3.05, 3.63) is 29.8 Å². The Kier molecular flexibility index (Phi) is 5.06. The Morgan fingerprint density at radius 2 is 1.87 bits per heavy atom. The summed E-state index contributed by atoms with van der Waals surface area (Å²) in [5.74, 6) is -2.00. The van der Waals surface area contributed by atoms with Crippen LogP contribution in [0.25, 0.3) is 0 Å². The van der Waals surface area contributed by atoms with Crippen LogP contribution in [0.2, 0.25) is 0 Å². The molecule has 1 fully saturated rings. The van der Waals surface area contributed by atoms with Gasteiger partial charge in [0.2, 0.25) is 10.0 Å². The lowest BCUT2D eigenvalue weighted by Crippen LogP contribution is -2.33. The summed E-state index contributed by atoms with van der Waals surface area (Å²) >= 11 is 0. The fourth-order valence-electron chi connectivity index (χ4n) is 2.06. The quantitative estimate of drug-likeness (QED) is 0.768. The first kappa shape index (κ1) is 17.4. The van der Waals surface area contributed by atoms with E-state index < -0.39 is 21.9 Å². The first-order valence-electron chi connectivity index (χ1n) is 7.31. The number of aliphatic carboxylic acids is 1. The van der Waals surface area contributed by atoms with E-state index in [9.17, 15) is 18.0 Å². The van der Waals surface area contributed by atoms with Gasteiger partial charge >= 0.3 is 5.97 Å². The van der Waals surface area contributed by atoms with Gasteiger partial charge < -0.3 is 10.0 Å². The zero-order valence-corrected chi connectivity index (χ0v) is 13.8. The van der Waals surface area contributed by atoms with Crippen LogP contribution in [0.15, 0.2) is 29.2 Å². The van der Waals surface area contributed by atoms with E-state index in [2.05, 4.69) is 4.72 Å². The van der Waals surface area contributed by atoms with Crippen molar-refractivity contribution in [2.45, 2.75) is 30.7 Å². The van der Waals surface area contributed by atoms with E-state index >= 15 is 0 Å². The molecule has 1 aliphatic carbocycles. The van der Waals surface area contributed by atoms with Gasteiger partial charge in [0.15, 0.2) is 0 Å². The van der Waals surface area contributed by atoms with Crippen LogP contribution in [0, 0.1) is 5.92 Å². The van der Waals surface area contributed by atoms with E-state index in [4.69, 9.17) is 5.11 Å². The normalized spacial score (nSPS) is 15.9. The van der Waals surface area contributed by atoms with Crippen LogP contribution >= 0.6 is 0 Å². The van der Waals surface area contributed by atoms with Crippen LogP contribution in [-0.2, 0) is 14.8 Å². The van der Waals surface area contributed by atoms with Gasteiger partial charge in [-0.15, -0.1) is 0 Å². The van der Waals surface area contributed by atoms with E-state index in [1.807, 2.05) is 0 Å². The van der Waals surface area contributed by atoms with Gasteiger partial charge in [-0.1, -0.05) is 6.92 Å². The van der Waals surface area contributed by atoms with Crippen molar-refractivity contribution >= 4 is 21.9 Å². The third-order valence-corrected chi connectivity index (χ3v) is 5.16. The summed E-state index contributed by atoms with van der Waals surface area (Å²) in [6.07, 6.45) is 1.70. The Morgan fingerprint density at radius 3 is 2.35 bits per heavy atom. The number of carbonyl (C=O) groups excluding carboxylic acids is 1. The average molecular weight is 340 g/mol. The molecule has 0 aromatic heterocycles. The van der Waals surface area contributed by atoms with E-state index in [0.29, 0.717) is 5.56 Å². The van der Waals surface area contributed by atoms with Crippen molar-refractivity contribution < 1.29 is 23.1 Å². The molecule has 8 heteroatoms. The van der Waals surface area contributed by atoms with Crippen molar-refractivity contribution in [3.8, 4) is 0 Å². The van der Waals surface area contributed by atoms with Crippen LogP contribution in [0.1, 0.15) is 30.1 Å². The lowest BCUT2D eigenvalue weighted by molar-refractivity contribution is -0.141. The third-order valence-electron chi connectivity index (χ3n) is 3.63. The minimum absolute atomic E-state index is 0.0185. The van der Waals surface area contributed by atoms with Crippen molar-refractivity contribution in [2.24, 2.45) is 5.92 Å². The van der Waals surface area contributed by atoms with E-state index in [-0.39, 0.29) is 23.4 Å². The van der Waals surface area contributed by atoms with Gasteiger partial charge in [0.25, 0.3) is 5.91 Å². The molecule has 1 aliphatic rings. The highest BCUT2D eigenvalue weighted by atomic mass is 32.2. The molecule has 1 amide bonds. The second-order valence-corrected chi connectivity index (χ2v) is 7.56. The van der Waals surface area contributed by atoms with E-state index in [1.54, 1.807) is 0 Å². The molecule has 1 saturated carbocycles. The zero-order valence-electron chi connectivity index (χ0n) is 13.0. The molecule has 0 radical (unpaired) electrons. The van der Waals surface area contributed by atoms with Gasteiger partial charge in [-0.25, -0.2) is 13.1 Å². The predicted octanol–water partition coefficient (Wildman–Crippen LogP) is 0.920. The van der Waals surface area contributed by atoms with Gasteiger partial charge in [0.1, 0.15) is 0 Å². The Bertz CT molecular complexity index is 695. The predicted molar refractivity (Wildman–Crippen MR) is 83.5 cm³/mol. The Morgan fingerprint density at radius 1 is 1.30 bits per heavy atom. The topological polar surface area (TPSA) is 104 Å².